The number of hydrazone groups is 1. The molecule has 0 fully saturated rings. The summed E-state index contributed by atoms with van der Waals surface area (Å²) in [5, 5.41) is 4.76. The second-order valence-corrected chi connectivity index (χ2v) is 9.04. The van der Waals surface area contributed by atoms with Gasteiger partial charge in [-0.25, -0.2) is 9.82 Å². The lowest BCUT2D eigenvalue weighted by Gasteiger charge is -2.18. The van der Waals surface area contributed by atoms with E-state index in [2.05, 4.69) is 31.3 Å². The summed E-state index contributed by atoms with van der Waals surface area (Å²) in [7, 11) is 0. The number of halogens is 3. The second-order valence-electron chi connectivity index (χ2n) is 8.20. The molecule has 0 bridgehead atoms. The Morgan fingerprint density at radius 2 is 1.81 bits per heavy atom. The van der Waals surface area contributed by atoms with Crippen molar-refractivity contribution in [2.45, 2.75) is 32.8 Å². The van der Waals surface area contributed by atoms with E-state index in [1.807, 2.05) is 12.1 Å². The first-order valence-electron chi connectivity index (χ1n) is 9.94. The summed E-state index contributed by atoms with van der Waals surface area (Å²) < 4.78 is 19.7. The van der Waals surface area contributed by atoms with Gasteiger partial charge in [0.25, 0.3) is 5.91 Å². The van der Waals surface area contributed by atoms with Crippen molar-refractivity contribution in [1.82, 2.24) is 5.43 Å². The molecular weight excluding hydrogens is 450 g/mol. The Labute approximate surface area is 197 Å². The number of hydrogen-bond donors (Lipinski definition) is 1. The molecule has 1 amide bonds. The highest BCUT2D eigenvalue weighted by atomic mass is 35.5. The first-order chi connectivity index (χ1) is 15.1. The van der Waals surface area contributed by atoms with Gasteiger partial charge >= 0.3 is 0 Å². The van der Waals surface area contributed by atoms with Crippen molar-refractivity contribution < 1.29 is 13.9 Å². The Morgan fingerprint density at radius 1 is 1.09 bits per heavy atom. The van der Waals surface area contributed by atoms with E-state index in [9.17, 15) is 9.18 Å². The fourth-order valence-electron chi connectivity index (χ4n) is 2.92. The smallest absolute Gasteiger partial charge is 0.271 e. The van der Waals surface area contributed by atoms with Crippen LogP contribution < -0.4 is 10.2 Å². The van der Waals surface area contributed by atoms with Gasteiger partial charge in [-0.2, -0.15) is 5.10 Å². The number of nitrogens with zero attached hydrogens (tertiary/aromatic N) is 1. The summed E-state index contributed by atoms with van der Waals surface area (Å²) in [6.45, 7) is 6.26. The lowest BCUT2D eigenvalue weighted by atomic mass is 9.87. The van der Waals surface area contributed by atoms with Crippen molar-refractivity contribution >= 4 is 35.3 Å². The van der Waals surface area contributed by atoms with Crippen LogP contribution in [0.1, 0.15) is 47.8 Å². The molecule has 4 nitrogen and oxygen atoms in total. The van der Waals surface area contributed by atoms with Gasteiger partial charge in [0.15, 0.2) is 0 Å². The highest BCUT2D eigenvalue weighted by Crippen LogP contribution is 2.25. The number of amides is 1. The minimum atomic E-state index is -0.452. The van der Waals surface area contributed by atoms with Crippen LogP contribution in [0.4, 0.5) is 4.39 Å². The molecule has 0 aromatic heterocycles. The molecule has 0 saturated heterocycles. The van der Waals surface area contributed by atoms with Crippen molar-refractivity contribution in [2.75, 3.05) is 0 Å². The molecule has 0 heterocycles. The van der Waals surface area contributed by atoms with E-state index in [0.717, 1.165) is 5.56 Å². The third kappa shape index (κ3) is 6.09. The van der Waals surface area contributed by atoms with Crippen molar-refractivity contribution in [3.05, 3.63) is 98.8 Å². The molecule has 3 rings (SSSR count). The van der Waals surface area contributed by atoms with Gasteiger partial charge in [0.1, 0.15) is 18.2 Å². The summed E-state index contributed by atoms with van der Waals surface area (Å²) in [6, 6.07) is 16.7. The van der Waals surface area contributed by atoms with Crippen LogP contribution >= 0.6 is 23.2 Å². The van der Waals surface area contributed by atoms with Crippen molar-refractivity contribution in [3.8, 4) is 5.75 Å². The first kappa shape index (κ1) is 23.8. The van der Waals surface area contributed by atoms with Gasteiger partial charge in [0, 0.05) is 21.7 Å². The molecule has 0 aliphatic heterocycles. The average molecular weight is 473 g/mol. The Kier molecular flexibility index (Phi) is 7.54. The maximum atomic E-state index is 14.0. The molecule has 0 spiro atoms. The maximum Gasteiger partial charge on any atom is 0.271 e. The summed E-state index contributed by atoms with van der Waals surface area (Å²) in [5.41, 5.74) is 4.89. The van der Waals surface area contributed by atoms with Crippen LogP contribution in [0, 0.1) is 5.82 Å². The Morgan fingerprint density at radius 3 is 2.47 bits per heavy atom. The van der Waals surface area contributed by atoms with Gasteiger partial charge in [-0.1, -0.05) is 62.2 Å². The van der Waals surface area contributed by atoms with Gasteiger partial charge in [0.2, 0.25) is 0 Å². The molecule has 7 heteroatoms. The van der Waals surface area contributed by atoms with E-state index in [1.54, 1.807) is 36.4 Å². The van der Waals surface area contributed by atoms with Crippen LogP contribution in [0.25, 0.3) is 0 Å². The van der Waals surface area contributed by atoms with Gasteiger partial charge in [-0.15, -0.1) is 0 Å². The van der Waals surface area contributed by atoms with Gasteiger partial charge in [-0.3, -0.25) is 4.79 Å². The minimum absolute atomic E-state index is 0.00301. The van der Waals surface area contributed by atoms with Crippen LogP contribution in [-0.4, -0.2) is 12.1 Å². The van der Waals surface area contributed by atoms with E-state index in [4.69, 9.17) is 27.9 Å². The normalized spacial score (nSPS) is 11.6. The lowest BCUT2D eigenvalue weighted by Crippen LogP contribution is -2.18. The molecule has 0 aliphatic rings. The molecule has 0 radical (unpaired) electrons. The van der Waals surface area contributed by atoms with Crippen LogP contribution in [-0.2, 0) is 12.0 Å². The SMILES string of the molecule is CC(C)(C)c1ccc(C(=O)NN=Cc2cc(Cl)ccc2OCc2c(F)cccc2Cl)cc1. The fourth-order valence-corrected chi connectivity index (χ4v) is 3.32. The highest BCUT2D eigenvalue weighted by Gasteiger charge is 2.14. The number of hydrogen-bond acceptors (Lipinski definition) is 3. The lowest BCUT2D eigenvalue weighted by molar-refractivity contribution is 0.0955. The highest BCUT2D eigenvalue weighted by molar-refractivity contribution is 6.31. The zero-order chi connectivity index (χ0) is 23.3. The van der Waals surface area contributed by atoms with E-state index in [0.29, 0.717) is 21.9 Å². The number of ether oxygens (including phenoxy) is 1. The summed E-state index contributed by atoms with van der Waals surface area (Å²) >= 11 is 12.1. The summed E-state index contributed by atoms with van der Waals surface area (Å²) in [4.78, 5) is 12.4. The van der Waals surface area contributed by atoms with E-state index < -0.39 is 5.82 Å². The maximum absolute atomic E-state index is 14.0. The number of carbonyl (C=O) groups is 1. The summed E-state index contributed by atoms with van der Waals surface area (Å²) in [6.07, 6.45) is 1.42. The van der Waals surface area contributed by atoms with E-state index in [1.165, 1.54) is 18.3 Å². The number of rotatable bonds is 6. The Hall–Kier alpha value is -2.89. The van der Waals surface area contributed by atoms with E-state index >= 15 is 0 Å². The molecule has 166 valence electrons. The standard InChI is InChI=1S/C25H23Cl2FN2O2/c1-25(2,3)18-9-7-16(8-10-18)24(31)30-29-14-17-13-19(26)11-12-23(17)32-15-20-21(27)5-4-6-22(20)28/h4-14H,15H2,1-3H3,(H,30,31). The first-order valence-corrected chi connectivity index (χ1v) is 10.7. The minimum Gasteiger partial charge on any atom is -0.488 e. The molecule has 0 aliphatic carbocycles. The Bertz CT molecular complexity index is 1120. The third-order valence-corrected chi connectivity index (χ3v) is 5.38. The quantitative estimate of drug-likeness (QED) is 0.317. The molecule has 0 unspecified atom stereocenters. The molecule has 0 saturated carbocycles. The van der Waals surface area contributed by atoms with Crippen molar-refractivity contribution in [1.29, 1.82) is 0 Å². The number of nitrogens with one attached hydrogen (secondary N) is 1. The predicted octanol–water partition coefficient (Wildman–Crippen LogP) is 6.77. The van der Waals surface area contributed by atoms with Crippen LogP contribution in [0.15, 0.2) is 65.8 Å². The summed E-state index contributed by atoms with van der Waals surface area (Å²) in [5.74, 6) is -0.378. The average Bonchev–Trinajstić information content (AvgIpc) is 2.74. The van der Waals surface area contributed by atoms with Crippen molar-refractivity contribution in [3.63, 3.8) is 0 Å². The Balaban J connectivity index is 1.70. The van der Waals surface area contributed by atoms with Gasteiger partial charge in [-0.05, 0) is 53.4 Å². The van der Waals surface area contributed by atoms with Crippen LogP contribution in [0.2, 0.25) is 10.0 Å². The van der Waals surface area contributed by atoms with Crippen molar-refractivity contribution in [2.24, 2.45) is 5.10 Å². The molecule has 1 N–H and O–H groups in total. The number of benzene rings is 3. The molecule has 3 aromatic carbocycles. The van der Waals surface area contributed by atoms with Crippen LogP contribution in [0.3, 0.4) is 0 Å². The second kappa shape index (κ2) is 10.2. The van der Waals surface area contributed by atoms with Crippen LogP contribution in [0.5, 0.6) is 5.75 Å². The zero-order valence-electron chi connectivity index (χ0n) is 18.0. The van der Waals surface area contributed by atoms with E-state index in [-0.39, 0.29) is 28.5 Å². The third-order valence-electron chi connectivity index (χ3n) is 4.79. The fraction of sp³-hybridized carbons (Fsp3) is 0.200. The molecule has 0 atom stereocenters. The predicted molar refractivity (Wildman–Crippen MR) is 127 cm³/mol. The molecular formula is C25H23Cl2FN2O2. The van der Waals surface area contributed by atoms with Gasteiger partial charge < -0.3 is 4.74 Å². The molecule has 32 heavy (non-hydrogen) atoms. The monoisotopic (exact) mass is 472 g/mol. The van der Waals surface area contributed by atoms with Gasteiger partial charge in [0.05, 0.1) is 11.2 Å². The zero-order valence-corrected chi connectivity index (χ0v) is 19.5. The largest absolute Gasteiger partial charge is 0.488 e. The number of carbonyl (C=O) groups excluding carboxylic acids is 1. The topological polar surface area (TPSA) is 50.7 Å². The molecule has 3 aromatic rings.